The van der Waals surface area contributed by atoms with Crippen molar-refractivity contribution in [2.75, 3.05) is 13.1 Å². The van der Waals surface area contributed by atoms with Gasteiger partial charge in [-0.2, -0.15) is 0 Å². The Hall–Kier alpha value is -2.24. The van der Waals surface area contributed by atoms with Crippen molar-refractivity contribution in [3.63, 3.8) is 0 Å². The summed E-state index contributed by atoms with van der Waals surface area (Å²) in [6.45, 7) is 8.36. The van der Waals surface area contributed by atoms with Crippen LogP contribution in [0.5, 0.6) is 11.5 Å². The molecule has 1 atom stereocenters. The first kappa shape index (κ1) is 18.8. The minimum absolute atomic E-state index is 0.0276. The second-order valence-electron chi connectivity index (χ2n) is 6.63. The van der Waals surface area contributed by atoms with Gasteiger partial charge >= 0.3 is 0 Å². The van der Waals surface area contributed by atoms with E-state index in [2.05, 4.69) is 10.6 Å². The molecule has 0 saturated carbocycles. The van der Waals surface area contributed by atoms with Crippen LogP contribution >= 0.6 is 0 Å². The molecule has 6 heteroatoms. The number of hydrogen-bond acceptors (Lipinski definition) is 4. The molecule has 1 aromatic carbocycles. The fourth-order valence-corrected chi connectivity index (χ4v) is 1.86. The summed E-state index contributed by atoms with van der Waals surface area (Å²) in [4.78, 5) is 23.5. The number of amides is 2. The second kappa shape index (κ2) is 8.41. The highest BCUT2D eigenvalue weighted by molar-refractivity contribution is 5.81. The molecular formula is C17H26N2O4. The number of phenols is 1. The average molecular weight is 322 g/mol. The maximum Gasteiger partial charge on any atom is 0.260 e. The molecule has 6 nitrogen and oxygen atoms in total. The lowest BCUT2D eigenvalue weighted by atomic mass is 9.92. The van der Waals surface area contributed by atoms with Crippen molar-refractivity contribution in [2.45, 2.75) is 40.2 Å². The fraction of sp³-hybridized carbons (Fsp3) is 0.529. The van der Waals surface area contributed by atoms with Gasteiger partial charge in [-0.1, -0.05) is 20.8 Å². The van der Waals surface area contributed by atoms with Gasteiger partial charge in [-0.25, -0.2) is 0 Å². The van der Waals surface area contributed by atoms with E-state index in [-0.39, 0.29) is 23.0 Å². The summed E-state index contributed by atoms with van der Waals surface area (Å²) in [5.74, 6) is 0.354. The highest BCUT2D eigenvalue weighted by Gasteiger charge is 2.16. The highest BCUT2D eigenvalue weighted by Crippen LogP contribution is 2.18. The number of carbonyl (C=O) groups is 2. The quantitative estimate of drug-likeness (QED) is 0.668. The van der Waals surface area contributed by atoms with Gasteiger partial charge in [0.15, 0.2) is 6.10 Å². The van der Waals surface area contributed by atoms with Crippen LogP contribution in [-0.2, 0) is 9.59 Å². The number of carbonyl (C=O) groups excluding carboxylic acids is 2. The van der Waals surface area contributed by atoms with E-state index in [1.165, 1.54) is 12.1 Å². The molecule has 1 unspecified atom stereocenters. The molecular weight excluding hydrogens is 296 g/mol. The summed E-state index contributed by atoms with van der Waals surface area (Å²) >= 11 is 0. The Bertz CT molecular complexity index is 520. The van der Waals surface area contributed by atoms with Crippen molar-refractivity contribution < 1.29 is 19.4 Å². The highest BCUT2D eigenvalue weighted by atomic mass is 16.5. The smallest absolute Gasteiger partial charge is 0.260 e. The minimum atomic E-state index is -0.662. The maximum atomic E-state index is 11.9. The molecule has 3 N–H and O–H groups in total. The Morgan fingerprint density at radius 3 is 2.26 bits per heavy atom. The summed E-state index contributed by atoms with van der Waals surface area (Å²) in [6.07, 6.45) is -0.216. The van der Waals surface area contributed by atoms with Crippen molar-refractivity contribution >= 4 is 11.8 Å². The summed E-state index contributed by atoms with van der Waals surface area (Å²) in [7, 11) is 0. The molecule has 0 spiro atoms. The van der Waals surface area contributed by atoms with Crippen LogP contribution in [0.25, 0.3) is 0 Å². The topological polar surface area (TPSA) is 87.7 Å². The van der Waals surface area contributed by atoms with E-state index in [4.69, 9.17) is 4.74 Å². The number of ether oxygens (including phenoxy) is 1. The normalized spacial score (nSPS) is 12.3. The summed E-state index contributed by atoms with van der Waals surface area (Å²) < 4.78 is 5.46. The molecule has 1 rings (SSSR count). The molecule has 0 saturated heterocycles. The molecule has 0 aliphatic heterocycles. The lowest BCUT2D eigenvalue weighted by molar-refractivity contribution is -0.127. The zero-order valence-electron chi connectivity index (χ0n) is 14.2. The van der Waals surface area contributed by atoms with Crippen molar-refractivity contribution in [3.05, 3.63) is 24.3 Å². The van der Waals surface area contributed by atoms with Gasteiger partial charge in [0, 0.05) is 19.5 Å². The van der Waals surface area contributed by atoms with Crippen molar-refractivity contribution in [1.29, 1.82) is 0 Å². The Morgan fingerprint density at radius 1 is 1.13 bits per heavy atom. The lowest BCUT2D eigenvalue weighted by Crippen LogP contribution is -2.41. The molecule has 0 fully saturated rings. The maximum absolute atomic E-state index is 11.9. The van der Waals surface area contributed by atoms with Gasteiger partial charge in [-0.3, -0.25) is 9.59 Å². The number of nitrogens with one attached hydrogen (secondary N) is 2. The molecule has 0 radical (unpaired) electrons. The predicted octanol–water partition coefficient (Wildman–Crippen LogP) is 1.83. The van der Waals surface area contributed by atoms with Gasteiger partial charge in [-0.15, -0.1) is 0 Å². The third-order valence-electron chi connectivity index (χ3n) is 2.96. The number of phenolic OH excluding ortho intramolecular Hbond substituents is 1. The number of benzene rings is 1. The first-order valence-electron chi connectivity index (χ1n) is 7.67. The van der Waals surface area contributed by atoms with E-state index in [0.717, 1.165) is 0 Å². The SMILES string of the molecule is CC(Oc1ccc(O)cc1)C(=O)NCCNC(=O)CC(C)(C)C. The van der Waals surface area contributed by atoms with E-state index in [9.17, 15) is 14.7 Å². The fourth-order valence-electron chi connectivity index (χ4n) is 1.86. The van der Waals surface area contributed by atoms with E-state index in [0.29, 0.717) is 25.3 Å². The molecule has 0 aliphatic carbocycles. The van der Waals surface area contributed by atoms with Crippen LogP contribution in [0.2, 0.25) is 0 Å². The first-order chi connectivity index (χ1) is 10.7. The molecule has 0 heterocycles. The van der Waals surface area contributed by atoms with E-state index < -0.39 is 6.10 Å². The monoisotopic (exact) mass is 322 g/mol. The molecule has 1 aromatic rings. The zero-order chi connectivity index (χ0) is 17.5. The number of rotatable bonds is 7. The number of aromatic hydroxyl groups is 1. The third-order valence-corrected chi connectivity index (χ3v) is 2.96. The minimum Gasteiger partial charge on any atom is -0.508 e. The van der Waals surface area contributed by atoms with Crippen LogP contribution in [0.4, 0.5) is 0 Å². The average Bonchev–Trinajstić information content (AvgIpc) is 2.44. The van der Waals surface area contributed by atoms with E-state index >= 15 is 0 Å². The molecule has 2 amide bonds. The van der Waals surface area contributed by atoms with Gasteiger partial charge in [0.05, 0.1) is 0 Å². The van der Waals surface area contributed by atoms with Crippen molar-refractivity contribution in [2.24, 2.45) is 5.41 Å². The van der Waals surface area contributed by atoms with Gasteiger partial charge in [0.2, 0.25) is 5.91 Å². The lowest BCUT2D eigenvalue weighted by Gasteiger charge is -2.18. The number of hydrogen-bond donors (Lipinski definition) is 3. The first-order valence-corrected chi connectivity index (χ1v) is 7.67. The molecule has 0 aliphatic rings. The van der Waals surface area contributed by atoms with E-state index in [1.54, 1.807) is 19.1 Å². The molecule has 0 aromatic heterocycles. The van der Waals surface area contributed by atoms with Crippen molar-refractivity contribution in [1.82, 2.24) is 10.6 Å². The summed E-state index contributed by atoms with van der Waals surface area (Å²) in [5, 5.41) is 14.7. The van der Waals surface area contributed by atoms with Crippen LogP contribution in [0, 0.1) is 5.41 Å². The van der Waals surface area contributed by atoms with Crippen LogP contribution in [-0.4, -0.2) is 36.1 Å². The van der Waals surface area contributed by atoms with Crippen LogP contribution in [0.15, 0.2) is 24.3 Å². The van der Waals surface area contributed by atoms with Crippen molar-refractivity contribution in [3.8, 4) is 11.5 Å². The summed E-state index contributed by atoms with van der Waals surface area (Å²) in [6, 6.07) is 6.16. The Morgan fingerprint density at radius 2 is 1.70 bits per heavy atom. The van der Waals surface area contributed by atoms with Gasteiger partial charge < -0.3 is 20.5 Å². The largest absolute Gasteiger partial charge is 0.508 e. The molecule has 0 bridgehead atoms. The van der Waals surface area contributed by atoms with Gasteiger partial charge in [0.25, 0.3) is 5.91 Å². The predicted molar refractivity (Wildman–Crippen MR) is 88.3 cm³/mol. The Balaban J connectivity index is 2.25. The zero-order valence-corrected chi connectivity index (χ0v) is 14.2. The molecule has 128 valence electrons. The van der Waals surface area contributed by atoms with Crippen LogP contribution in [0.3, 0.4) is 0 Å². The van der Waals surface area contributed by atoms with E-state index in [1.807, 2.05) is 20.8 Å². The van der Waals surface area contributed by atoms with Crippen LogP contribution in [0.1, 0.15) is 34.1 Å². The Labute approximate surface area is 137 Å². The summed E-state index contributed by atoms with van der Waals surface area (Å²) in [5.41, 5.74) is -0.0558. The third kappa shape index (κ3) is 8.09. The standard InChI is InChI=1S/C17H26N2O4/c1-12(23-14-7-5-13(20)6-8-14)16(22)19-10-9-18-15(21)11-17(2,3)4/h5-8,12,20H,9-11H2,1-4H3,(H,18,21)(H,19,22). The van der Waals surface area contributed by atoms with Gasteiger partial charge in [0.1, 0.15) is 11.5 Å². The van der Waals surface area contributed by atoms with Gasteiger partial charge in [-0.05, 0) is 36.6 Å². The Kier molecular flexibility index (Phi) is 6.88. The second-order valence-corrected chi connectivity index (χ2v) is 6.63. The molecule has 23 heavy (non-hydrogen) atoms. The van der Waals surface area contributed by atoms with Crippen LogP contribution < -0.4 is 15.4 Å².